The first-order valence-electron chi connectivity index (χ1n) is 7.76. The smallest absolute Gasteiger partial charge is 0.0320 e. The molecule has 1 atom stereocenters. The summed E-state index contributed by atoms with van der Waals surface area (Å²) in [6.45, 7) is 10.0. The van der Waals surface area contributed by atoms with Crippen molar-refractivity contribution in [3.63, 3.8) is 0 Å². The summed E-state index contributed by atoms with van der Waals surface area (Å²) in [4.78, 5) is 0. The van der Waals surface area contributed by atoms with Crippen molar-refractivity contribution in [1.29, 1.82) is 0 Å². The Morgan fingerprint density at radius 3 is 2.35 bits per heavy atom. The number of rotatable bonds is 7. The Morgan fingerprint density at radius 2 is 1.85 bits per heavy atom. The molecule has 110 valence electrons. The van der Waals surface area contributed by atoms with E-state index in [0.717, 1.165) is 32.2 Å². The molecule has 20 heavy (non-hydrogen) atoms. The standard InChI is InChI=1S/C19H29N/c1-6-8-9-10-18(20-15-7-2)16-11-13-17(14-12-16)19(3,4)5/h1,11-14,18,20H,7-10,15H2,2-5H3. The number of nitrogens with one attached hydrogen (secondary N) is 1. The zero-order chi connectivity index (χ0) is 15.0. The van der Waals surface area contributed by atoms with Crippen LogP contribution >= 0.6 is 0 Å². The molecule has 0 saturated carbocycles. The minimum atomic E-state index is 0.217. The highest BCUT2D eigenvalue weighted by Gasteiger charge is 2.15. The summed E-state index contributed by atoms with van der Waals surface area (Å²) in [7, 11) is 0. The van der Waals surface area contributed by atoms with E-state index in [1.165, 1.54) is 11.1 Å². The minimum Gasteiger partial charge on any atom is -0.310 e. The van der Waals surface area contributed by atoms with E-state index >= 15 is 0 Å². The highest BCUT2D eigenvalue weighted by atomic mass is 14.9. The fraction of sp³-hybridized carbons (Fsp3) is 0.579. The van der Waals surface area contributed by atoms with Gasteiger partial charge in [-0.15, -0.1) is 12.3 Å². The molecule has 0 aromatic heterocycles. The summed E-state index contributed by atoms with van der Waals surface area (Å²) < 4.78 is 0. The lowest BCUT2D eigenvalue weighted by Gasteiger charge is -2.22. The van der Waals surface area contributed by atoms with Gasteiger partial charge in [-0.2, -0.15) is 0 Å². The number of hydrogen-bond donors (Lipinski definition) is 1. The van der Waals surface area contributed by atoms with Crippen molar-refractivity contribution >= 4 is 0 Å². The largest absolute Gasteiger partial charge is 0.310 e. The van der Waals surface area contributed by atoms with E-state index in [9.17, 15) is 0 Å². The van der Waals surface area contributed by atoms with Gasteiger partial charge in [-0.1, -0.05) is 52.0 Å². The second-order valence-corrected chi connectivity index (χ2v) is 6.48. The highest BCUT2D eigenvalue weighted by Crippen LogP contribution is 2.25. The van der Waals surface area contributed by atoms with Gasteiger partial charge in [0.1, 0.15) is 0 Å². The van der Waals surface area contributed by atoms with Gasteiger partial charge >= 0.3 is 0 Å². The van der Waals surface area contributed by atoms with Crippen LogP contribution in [-0.4, -0.2) is 6.54 Å². The van der Waals surface area contributed by atoms with E-state index in [2.05, 4.69) is 63.2 Å². The molecule has 1 rings (SSSR count). The van der Waals surface area contributed by atoms with Gasteiger partial charge in [-0.25, -0.2) is 0 Å². The fourth-order valence-electron chi connectivity index (χ4n) is 2.33. The molecule has 0 aliphatic heterocycles. The topological polar surface area (TPSA) is 12.0 Å². The Morgan fingerprint density at radius 1 is 1.20 bits per heavy atom. The highest BCUT2D eigenvalue weighted by molar-refractivity contribution is 5.29. The maximum Gasteiger partial charge on any atom is 0.0320 e. The molecule has 0 amide bonds. The SMILES string of the molecule is C#CCCCC(NCCC)c1ccc(C(C)(C)C)cc1. The van der Waals surface area contributed by atoms with Gasteiger partial charge < -0.3 is 5.32 Å². The predicted octanol–water partition coefficient (Wildman–Crippen LogP) is 4.83. The van der Waals surface area contributed by atoms with E-state index in [0.29, 0.717) is 6.04 Å². The first-order chi connectivity index (χ1) is 9.49. The quantitative estimate of drug-likeness (QED) is 0.553. The average Bonchev–Trinajstić information content (AvgIpc) is 2.42. The first kappa shape index (κ1) is 16.8. The molecule has 1 nitrogen and oxygen atoms in total. The van der Waals surface area contributed by atoms with Crippen LogP contribution in [0.3, 0.4) is 0 Å². The Balaban J connectivity index is 2.76. The summed E-state index contributed by atoms with van der Waals surface area (Å²) in [6, 6.07) is 9.49. The van der Waals surface area contributed by atoms with Crippen LogP contribution in [0.15, 0.2) is 24.3 Å². The molecule has 1 aromatic rings. The zero-order valence-corrected chi connectivity index (χ0v) is 13.5. The van der Waals surface area contributed by atoms with Crippen molar-refractivity contribution in [2.45, 2.75) is 64.8 Å². The summed E-state index contributed by atoms with van der Waals surface area (Å²) in [5.74, 6) is 2.73. The molecule has 0 aliphatic carbocycles. The van der Waals surface area contributed by atoms with Gasteiger partial charge in [-0.05, 0) is 42.3 Å². The van der Waals surface area contributed by atoms with E-state index < -0.39 is 0 Å². The van der Waals surface area contributed by atoms with Crippen LogP contribution in [0.25, 0.3) is 0 Å². The molecule has 1 heteroatoms. The van der Waals surface area contributed by atoms with Crippen LogP contribution in [-0.2, 0) is 5.41 Å². The Labute approximate surface area is 125 Å². The van der Waals surface area contributed by atoms with Crippen LogP contribution in [0.4, 0.5) is 0 Å². The maximum atomic E-state index is 5.35. The molecule has 1 aromatic carbocycles. The second kappa shape index (κ2) is 8.12. The summed E-state index contributed by atoms with van der Waals surface area (Å²) in [5.41, 5.74) is 2.98. The summed E-state index contributed by atoms with van der Waals surface area (Å²) in [5, 5.41) is 3.63. The van der Waals surface area contributed by atoms with E-state index in [-0.39, 0.29) is 5.41 Å². The van der Waals surface area contributed by atoms with Crippen molar-refractivity contribution in [3.05, 3.63) is 35.4 Å². The van der Waals surface area contributed by atoms with Crippen molar-refractivity contribution < 1.29 is 0 Å². The fourth-order valence-corrected chi connectivity index (χ4v) is 2.33. The number of terminal acetylenes is 1. The number of hydrogen-bond acceptors (Lipinski definition) is 1. The van der Waals surface area contributed by atoms with Crippen LogP contribution in [0.1, 0.15) is 70.5 Å². The van der Waals surface area contributed by atoms with Gasteiger partial charge in [0.25, 0.3) is 0 Å². The number of benzene rings is 1. The van der Waals surface area contributed by atoms with Gasteiger partial charge in [-0.3, -0.25) is 0 Å². The Hall–Kier alpha value is -1.26. The lowest BCUT2D eigenvalue weighted by atomic mass is 9.86. The molecule has 0 spiro atoms. The molecule has 1 unspecified atom stereocenters. The van der Waals surface area contributed by atoms with Crippen molar-refractivity contribution in [1.82, 2.24) is 5.32 Å². The Kier molecular flexibility index (Phi) is 6.82. The molecule has 0 heterocycles. The molecule has 0 saturated heterocycles. The average molecular weight is 271 g/mol. The molecule has 0 fully saturated rings. The molecule has 0 radical (unpaired) electrons. The Bertz CT molecular complexity index is 417. The molecule has 0 aliphatic rings. The third-order valence-electron chi connectivity index (χ3n) is 3.63. The van der Waals surface area contributed by atoms with Crippen LogP contribution in [0, 0.1) is 12.3 Å². The monoisotopic (exact) mass is 271 g/mol. The van der Waals surface area contributed by atoms with E-state index in [1.54, 1.807) is 0 Å². The van der Waals surface area contributed by atoms with Gasteiger partial charge in [0.15, 0.2) is 0 Å². The minimum absolute atomic E-state index is 0.217. The molecular formula is C19H29N. The maximum absolute atomic E-state index is 5.35. The van der Waals surface area contributed by atoms with Crippen molar-refractivity contribution in [3.8, 4) is 12.3 Å². The van der Waals surface area contributed by atoms with Gasteiger partial charge in [0.2, 0.25) is 0 Å². The van der Waals surface area contributed by atoms with Crippen molar-refractivity contribution in [2.24, 2.45) is 0 Å². The zero-order valence-electron chi connectivity index (χ0n) is 13.5. The third-order valence-corrected chi connectivity index (χ3v) is 3.63. The molecular weight excluding hydrogens is 242 g/mol. The third kappa shape index (κ3) is 5.39. The van der Waals surface area contributed by atoms with Crippen LogP contribution in [0.5, 0.6) is 0 Å². The molecule has 0 bridgehead atoms. The van der Waals surface area contributed by atoms with Crippen LogP contribution < -0.4 is 5.32 Å². The van der Waals surface area contributed by atoms with E-state index in [4.69, 9.17) is 6.42 Å². The van der Waals surface area contributed by atoms with E-state index in [1.807, 2.05) is 0 Å². The lowest BCUT2D eigenvalue weighted by molar-refractivity contribution is 0.487. The van der Waals surface area contributed by atoms with Crippen LogP contribution in [0.2, 0.25) is 0 Å². The van der Waals surface area contributed by atoms with Crippen molar-refractivity contribution in [2.75, 3.05) is 6.54 Å². The van der Waals surface area contributed by atoms with Gasteiger partial charge in [0, 0.05) is 12.5 Å². The normalized spacial score (nSPS) is 12.9. The molecule has 1 N–H and O–H groups in total. The second-order valence-electron chi connectivity index (χ2n) is 6.48. The lowest BCUT2D eigenvalue weighted by Crippen LogP contribution is -2.22. The predicted molar refractivity (Wildman–Crippen MR) is 88.9 cm³/mol. The summed E-state index contributed by atoms with van der Waals surface area (Å²) >= 11 is 0. The number of unbranched alkanes of at least 4 members (excludes halogenated alkanes) is 1. The van der Waals surface area contributed by atoms with Gasteiger partial charge in [0.05, 0.1) is 0 Å². The summed E-state index contributed by atoms with van der Waals surface area (Å²) in [6.07, 6.45) is 9.57. The first-order valence-corrected chi connectivity index (χ1v) is 7.76.